The molecule has 4 heteroatoms. The number of rotatable bonds is 5. The molecule has 0 spiro atoms. The van der Waals surface area contributed by atoms with Crippen LogP contribution in [-0.2, 0) is 11.2 Å². The Labute approximate surface area is 128 Å². The topological polar surface area (TPSA) is 29.5 Å². The van der Waals surface area contributed by atoms with Gasteiger partial charge in [0.1, 0.15) is 0 Å². The first kappa shape index (κ1) is 15.5. The number of ether oxygens (including phenoxy) is 1. The monoisotopic (exact) mass is 346 g/mol. The maximum Gasteiger partial charge on any atom is 0.0946 e. The fraction of sp³-hybridized carbons (Fsp3) is 0.733. The molecule has 1 saturated carbocycles. The molecule has 3 atom stereocenters. The van der Waals surface area contributed by atoms with Crippen LogP contribution in [0.5, 0.6) is 0 Å². The van der Waals surface area contributed by atoms with Crippen LogP contribution in [-0.4, -0.2) is 23.4 Å². The smallest absolute Gasteiger partial charge is 0.0946 e. The van der Waals surface area contributed by atoms with Crippen molar-refractivity contribution >= 4 is 27.3 Å². The number of halogens is 1. The van der Waals surface area contributed by atoms with Crippen molar-refractivity contribution in [3.63, 3.8) is 0 Å². The third kappa shape index (κ3) is 3.60. The Balaban J connectivity index is 2.11. The van der Waals surface area contributed by atoms with Crippen molar-refractivity contribution in [1.29, 1.82) is 0 Å². The lowest BCUT2D eigenvalue weighted by Gasteiger charge is -2.43. The minimum atomic E-state index is -0.412. The zero-order valence-corrected chi connectivity index (χ0v) is 14.1. The van der Waals surface area contributed by atoms with Gasteiger partial charge in [-0.25, -0.2) is 0 Å². The average molecular weight is 347 g/mol. The quantitative estimate of drug-likeness (QED) is 0.856. The SMILES string of the molecule is CCOC1(C(O)Cc2sccc2Br)CCCC(C)C1. The van der Waals surface area contributed by atoms with E-state index in [0.29, 0.717) is 18.9 Å². The van der Waals surface area contributed by atoms with Gasteiger partial charge in [-0.2, -0.15) is 0 Å². The van der Waals surface area contributed by atoms with Gasteiger partial charge in [-0.05, 0) is 53.1 Å². The lowest BCUT2D eigenvalue weighted by molar-refractivity contribution is -0.146. The van der Waals surface area contributed by atoms with Crippen molar-refractivity contribution in [3.05, 3.63) is 20.8 Å². The molecule has 0 aromatic carbocycles. The van der Waals surface area contributed by atoms with Gasteiger partial charge in [0.15, 0.2) is 0 Å². The molecular weight excluding hydrogens is 324 g/mol. The molecule has 1 aliphatic carbocycles. The van der Waals surface area contributed by atoms with Crippen LogP contribution in [0.25, 0.3) is 0 Å². The van der Waals surface area contributed by atoms with Crippen LogP contribution < -0.4 is 0 Å². The van der Waals surface area contributed by atoms with Gasteiger partial charge in [0.25, 0.3) is 0 Å². The number of hydrogen-bond donors (Lipinski definition) is 1. The number of thiophene rings is 1. The van der Waals surface area contributed by atoms with E-state index in [1.54, 1.807) is 11.3 Å². The largest absolute Gasteiger partial charge is 0.390 e. The Bertz CT molecular complexity index is 403. The van der Waals surface area contributed by atoms with Crippen molar-refractivity contribution in [1.82, 2.24) is 0 Å². The van der Waals surface area contributed by atoms with E-state index in [-0.39, 0.29) is 5.60 Å². The van der Waals surface area contributed by atoms with Crippen LogP contribution in [0.4, 0.5) is 0 Å². The summed E-state index contributed by atoms with van der Waals surface area (Å²) < 4.78 is 7.13. The van der Waals surface area contributed by atoms with Gasteiger partial charge in [-0.1, -0.05) is 19.8 Å². The lowest BCUT2D eigenvalue weighted by Crippen LogP contribution is -2.49. The van der Waals surface area contributed by atoms with Crippen molar-refractivity contribution in [2.45, 2.75) is 57.7 Å². The summed E-state index contributed by atoms with van der Waals surface area (Å²) in [6, 6.07) is 2.05. The lowest BCUT2D eigenvalue weighted by atomic mass is 9.74. The molecule has 0 radical (unpaired) electrons. The number of hydrogen-bond acceptors (Lipinski definition) is 3. The zero-order valence-electron chi connectivity index (χ0n) is 11.7. The van der Waals surface area contributed by atoms with Crippen LogP contribution in [0, 0.1) is 5.92 Å². The van der Waals surface area contributed by atoms with Crippen LogP contribution in [0.15, 0.2) is 15.9 Å². The number of aliphatic hydroxyl groups excluding tert-OH is 1. The molecule has 3 unspecified atom stereocenters. The summed E-state index contributed by atoms with van der Waals surface area (Å²) >= 11 is 5.24. The molecule has 19 heavy (non-hydrogen) atoms. The highest BCUT2D eigenvalue weighted by atomic mass is 79.9. The van der Waals surface area contributed by atoms with E-state index in [9.17, 15) is 5.11 Å². The van der Waals surface area contributed by atoms with E-state index in [1.807, 2.05) is 13.0 Å². The fourth-order valence-electron chi connectivity index (χ4n) is 3.19. The molecule has 108 valence electrons. The minimum absolute atomic E-state index is 0.337. The molecular formula is C15H23BrO2S. The van der Waals surface area contributed by atoms with Gasteiger partial charge in [-0.15, -0.1) is 11.3 Å². The van der Waals surface area contributed by atoms with E-state index in [4.69, 9.17) is 4.74 Å². The number of aliphatic hydroxyl groups is 1. The maximum atomic E-state index is 10.7. The van der Waals surface area contributed by atoms with Crippen LogP contribution in [0.1, 0.15) is 44.4 Å². The fourth-order valence-corrected chi connectivity index (χ4v) is 4.75. The predicted octanol–water partition coefficient (Wildman–Crippen LogP) is 4.40. The molecule has 1 N–H and O–H groups in total. The average Bonchev–Trinajstić information content (AvgIpc) is 2.75. The summed E-state index contributed by atoms with van der Waals surface area (Å²) in [5.74, 6) is 0.640. The molecule has 1 aromatic heterocycles. The van der Waals surface area contributed by atoms with Crippen molar-refractivity contribution in [2.24, 2.45) is 5.92 Å². The normalized spacial score (nSPS) is 29.4. The standard InChI is InChI=1S/C15H23BrO2S/c1-3-18-15(7-4-5-11(2)10-15)14(17)9-13-12(16)6-8-19-13/h6,8,11,14,17H,3-5,7,9-10H2,1-2H3. The van der Waals surface area contributed by atoms with E-state index in [1.165, 1.54) is 11.3 Å². The molecule has 0 aliphatic heterocycles. The highest BCUT2D eigenvalue weighted by Crippen LogP contribution is 2.39. The van der Waals surface area contributed by atoms with Gasteiger partial charge < -0.3 is 9.84 Å². The Morgan fingerprint density at radius 3 is 3.00 bits per heavy atom. The van der Waals surface area contributed by atoms with Gasteiger partial charge in [0.2, 0.25) is 0 Å². The third-order valence-electron chi connectivity index (χ3n) is 4.10. The molecule has 1 fully saturated rings. The van der Waals surface area contributed by atoms with Gasteiger partial charge in [-0.3, -0.25) is 0 Å². The second-order valence-electron chi connectivity index (χ2n) is 5.61. The van der Waals surface area contributed by atoms with Gasteiger partial charge >= 0.3 is 0 Å². The summed E-state index contributed by atoms with van der Waals surface area (Å²) in [6.45, 7) is 4.96. The summed E-state index contributed by atoms with van der Waals surface area (Å²) in [5.41, 5.74) is -0.337. The van der Waals surface area contributed by atoms with E-state index < -0.39 is 6.10 Å². The van der Waals surface area contributed by atoms with Crippen molar-refractivity contribution < 1.29 is 9.84 Å². The molecule has 0 amide bonds. The molecule has 2 rings (SSSR count). The first-order valence-corrected chi connectivity index (χ1v) is 8.78. The second kappa shape index (κ2) is 6.70. The highest BCUT2D eigenvalue weighted by Gasteiger charge is 2.42. The predicted molar refractivity (Wildman–Crippen MR) is 83.7 cm³/mol. The van der Waals surface area contributed by atoms with E-state index in [2.05, 4.69) is 28.2 Å². The van der Waals surface area contributed by atoms with Gasteiger partial charge in [0.05, 0.1) is 11.7 Å². The first-order chi connectivity index (χ1) is 9.07. The van der Waals surface area contributed by atoms with Crippen molar-refractivity contribution in [3.8, 4) is 0 Å². The first-order valence-electron chi connectivity index (χ1n) is 7.11. The molecule has 0 bridgehead atoms. The molecule has 1 heterocycles. The van der Waals surface area contributed by atoms with Gasteiger partial charge in [0, 0.05) is 22.4 Å². The van der Waals surface area contributed by atoms with E-state index >= 15 is 0 Å². The maximum absolute atomic E-state index is 10.7. The molecule has 1 aromatic rings. The zero-order chi connectivity index (χ0) is 13.9. The summed E-state index contributed by atoms with van der Waals surface area (Å²) in [5, 5.41) is 12.8. The molecule has 0 saturated heterocycles. The molecule has 2 nitrogen and oxygen atoms in total. The van der Waals surface area contributed by atoms with Crippen molar-refractivity contribution in [2.75, 3.05) is 6.61 Å². The van der Waals surface area contributed by atoms with Crippen LogP contribution in [0.3, 0.4) is 0 Å². The summed E-state index contributed by atoms with van der Waals surface area (Å²) in [4.78, 5) is 1.21. The third-order valence-corrected chi connectivity index (χ3v) is 6.05. The Morgan fingerprint density at radius 2 is 2.42 bits per heavy atom. The Hall–Kier alpha value is 0.100. The minimum Gasteiger partial charge on any atom is -0.390 e. The van der Waals surface area contributed by atoms with E-state index in [0.717, 1.165) is 23.7 Å². The Morgan fingerprint density at radius 1 is 1.63 bits per heavy atom. The highest BCUT2D eigenvalue weighted by molar-refractivity contribution is 9.10. The summed E-state index contributed by atoms with van der Waals surface area (Å²) in [7, 11) is 0. The Kier molecular flexibility index (Phi) is 5.46. The van der Waals surface area contributed by atoms with Crippen LogP contribution in [0.2, 0.25) is 0 Å². The molecule has 1 aliphatic rings. The van der Waals surface area contributed by atoms with Crippen LogP contribution >= 0.6 is 27.3 Å². The summed E-state index contributed by atoms with van der Waals surface area (Å²) in [6.07, 6.45) is 4.64. The second-order valence-corrected chi connectivity index (χ2v) is 7.47.